The van der Waals surface area contributed by atoms with Gasteiger partial charge in [-0.05, 0) is 47.4 Å². The van der Waals surface area contributed by atoms with Gasteiger partial charge in [0.15, 0.2) is 0 Å². The molecular formula is C19H17ClO. The van der Waals surface area contributed by atoms with E-state index >= 15 is 0 Å². The quantitative estimate of drug-likeness (QED) is 0.690. The minimum atomic E-state index is -0.719. The van der Waals surface area contributed by atoms with Crippen molar-refractivity contribution >= 4 is 22.4 Å². The first-order valence-electron chi connectivity index (χ1n) is 7.00. The molecule has 1 unspecified atom stereocenters. The van der Waals surface area contributed by atoms with Gasteiger partial charge in [0.2, 0.25) is 0 Å². The van der Waals surface area contributed by atoms with Crippen molar-refractivity contribution in [3.8, 4) is 0 Å². The topological polar surface area (TPSA) is 20.2 Å². The summed E-state index contributed by atoms with van der Waals surface area (Å²) in [6, 6.07) is 17.9. The predicted molar refractivity (Wildman–Crippen MR) is 88.9 cm³/mol. The number of aliphatic hydroxyl groups is 1. The number of hydrogen-bond acceptors (Lipinski definition) is 1. The van der Waals surface area contributed by atoms with E-state index in [2.05, 4.69) is 13.0 Å². The Morgan fingerprint density at radius 3 is 2.24 bits per heavy atom. The van der Waals surface area contributed by atoms with Crippen molar-refractivity contribution in [2.45, 2.75) is 20.0 Å². The van der Waals surface area contributed by atoms with Crippen LogP contribution in [-0.4, -0.2) is 5.11 Å². The Balaban J connectivity index is 2.18. The fourth-order valence-electron chi connectivity index (χ4n) is 2.73. The van der Waals surface area contributed by atoms with E-state index in [0.29, 0.717) is 5.02 Å². The van der Waals surface area contributed by atoms with Crippen LogP contribution in [0.25, 0.3) is 10.8 Å². The maximum Gasteiger partial charge on any atom is 0.106 e. The van der Waals surface area contributed by atoms with Crippen LogP contribution in [0.5, 0.6) is 0 Å². The third-order valence-electron chi connectivity index (χ3n) is 3.92. The van der Waals surface area contributed by atoms with E-state index in [-0.39, 0.29) is 0 Å². The monoisotopic (exact) mass is 296 g/mol. The Kier molecular flexibility index (Phi) is 3.71. The summed E-state index contributed by atoms with van der Waals surface area (Å²) in [5.74, 6) is 0. The summed E-state index contributed by atoms with van der Waals surface area (Å²) < 4.78 is 0. The van der Waals surface area contributed by atoms with Gasteiger partial charge < -0.3 is 5.11 Å². The number of hydrogen-bond donors (Lipinski definition) is 1. The molecule has 1 N–H and O–H groups in total. The third-order valence-corrected chi connectivity index (χ3v) is 4.25. The normalized spacial score (nSPS) is 12.6. The molecule has 0 aliphatic rings. The number of aliphatic hydroxyl groups excluding tert-OH is 1. The van der Waals surface area contributed by atoms with Gasteiger partial charge in [0, 0.05) is 10.6 Å². The van der Waals surface area contributed by atoms with Gasteiger partial charge in [-0.2, -0.15) is 0 Å². The Morgan fingerprint density at radius 2 is 1.52 bits per heavy atom. The van der Waals surface area contributed by atoms with Gasteiger partial charge in [0.1, 0.15) is 6.10 Å². The van der Waals surface area contributed by atoms with Crippen molar-refractivity contribution in [1.29, 1.82) is 0 Å². The molecule has 0 heterocycles. The van der Waals surface area contributed by atoms with E-state index in [0.717, 1.165) is 27.5 Å². The molecule has 0 saturated heterocycles. The average molecular weight is 297 g/mol. The zero-order valence-corrected chi connectivity index (χ0v) is 12.9. The molecule has 0 spiro atoms. The smallest absolute Gasteiger partial charge is 0.106 e. The Morgan fingerprint density at radius 1 is 0.857 bits per heavy atom. The molecule has 3 aromatic carbocycles. The van der Waals surface area contributed by atoms with E-state index in [1.54, 1.807) is 0 Å². The molecular weight excluding hydrogens is 280 g/mol. The zero-order chi connectivity index (χ0) is 15.0. The molecule has 0 radical (unpaired) electrons. The fraction of sp³-hybridized carbons (Fsp3) is 0.158. The highest BCUT2D eigenvalue weighted by atomic mass is 35.5. The van der Waals surface area contributed by atoms with Gasteiger partial charge in [0.25, 0.3) is 0 Å². The summed E-state index contributed by atoms with van der Waals surface area (Å²) >= 11 is 6.30. The molecule has 0 fully saturated rings. The van der Waals surface area contributed by atoms with E-state index in [9.17, 15) is 5.11 Å². The van der Waals surface area contributed by atoms with E-state index in [1.165, 1.54) is 5.56 Å². The summed E-state index contributed by atoms with van der Waals surface area (Å²) in [7, 11) is 0. The maximum atomic E-state index is 10.8. The van der Waals surface area contributed by atoms with Crippen molar-refractivity contribution in [1.82, 2.24) is 0 Å². The summed E-state index contributed by atoms with van der Waals surface area (Å²) in [6.07, 6.45) is -0.719. The lowest BCUT2D eigenvalue weighted by molar-refractivity contribution is 0.222. The highest BCUT2D eigenvalue weighted by Gasteiger charge is 2.16. The molecule has 0 saturated carbocycles. The van der Waals surface area contributed by atoms with Crippen molar-refractivity contribution in [2.75, 3.05) is 0 Å². The molecule has 0 aliphatic carbocycles. The second-order valence-electron chi connectivity index (χ2n) is 5.44. The summed E-state index contributed by atoms with van der Waals surface area (Å²) in [6.45, 7) is 4.07. The van der Waals surface area contributed by atoms with Gasteiger partial charge in [0.05, 0.1) is 0 Å². The van der Waals surface area contributed by atoms with Gasteiger partial charge in [-0.3, -0.25) is 0 Å². The number of halogens is 1. The first-order chi connectivity index (χ1) is 10.1. The number of benzene rings is 3. The highest BCUT2D eigenvalue weighted by molar-refractivity contribution is 6.31. The summed E-state index contributed by atoms with van der Waals surface area (Å²) in [4.78, 5) is 0. The molecule has 106 valence electrons. The second-order valence-corrected chi connectivity index (χ2v) is 5.85. The van der Waals surface area contributed by atoms with Gasteiger partial charge in [-0.15, -0.1) is 0 Å². The lowest BCUT2D eigenvalue weighted by Gasteiger charge is -2.17. The molecule has 21 heavy (non-hydrogen) atoms. The number of aryl methyl sites for hydroxylation is 2. The molecule has 1 nitrogen and oxygen atoms in total. The lowest BCUT2D eigenvalue weighted by Crippen LogP contribution is -2.02. The van der Waals surface area contributed by atoms with Crippen molar-refractivity contribution in [2.24, 2.45) is 0 Å². The molecule has 0 bridgehead atoms. The fourth-order valence-corrected chi connectivity index (χ4v) is 3.07. The Hall–Kier alpha value is -1.83. The van der Waals surface area contributed by atoms with E-state index in [4.69, 9.17) is 11.6 Å². The number of rotatable bonds is 2. The lowest BCUT2D eigenvalue weighted by atomic mass is 9.93. The molecule has 3 aromatic rings. The summed E-state index contributed by atoms with van der Waals surface area (Å²) in [5.41, 5.74) is 3.93. The first kappa shape index (κ1) is 14.1. The maximum absolute atomic E-state index is 10.8. The predicted octanol–water partition coefficient (Wildman–Crippen LogP) is 5.19. The average Bonchev–Trinajstić information content (AvgIpc) is 2.47. The molecule has 0 aromatic heterocycles. The van der Waals surface area contributed by atoms with Crippen molar-refractivity contribution < 1.29 is 5.11 Å². The minimum Gasteiger partial charge on any atom is -0.384 e. The standard InChI is InChI=1S/C19H17ClO/c1-12-7-9-17(18(20)11-12)19(21)16-10-8-13(2)14-5-3-4-6-15(14)16/h3-11,19,21H,1-2H3. The molecule has 2 heteroatoms. The van der Waals surface area contributed by atoms with E-state index in [1.807, 2.05) is 55.5 Å². The second kappa shape index (κ2) is 5.51. The van der Waals surface area contributed by atoms with Gasteiger partial charge in [-0.25, -0.2) is 0 Å². The molecule has 0 amide bonds. The molecule has 3 rings (SSSR count). The van der Waals surface area contributed by atoms with Crippen LogP contribution in [0.1, 0.15) is 28.4 Å². The van der Waals surface area contributed by atoms with Crippen LogP contribution in [0.2, 0.25) is 5.02 Å². The van der Waals surface area contributed by atoms with Crippen LogP contribution in [0, 0.1) is 13.8 Å². The van der Waals surface area contributed by atoms with Crippen molar-refractivity contribution in [3.63, 3.8) is 0 Å². The van der Waals surface area contributed by atoms with Gasteiger partial charge >= 0.3 is 0 Å². The molecule has 0 aliphatic heterocycles. The van der Waals surface area contributed by atoms with Gasteiger partial charge in [-0.1, -0.05) is 60.1 Å². The van der Waals surface area contributed by atoms with E-state index < -0.39 is 6.10 Å². The first-order valence-corrected chi connectivity index (χ1v) is 7.38. The summed E-state index contributed by atoms with van der Waals surface area (Å²) in [5, 5.41) is 13.6. The Bertz CT molecular complexity index is 808. The van der Waals surface area contributed by atoms with Crippen LogP contribution in [0.3, 0.4) is 0 Å². The van der Waals surface area contributed by atoms with Crippen molar-refractivity contribution in [3.05, 3.63) is 81.9 Å². The largest absolute Gasteiger partial charge is 0.384 e. The zero-order valence-electron chi connectivity index (χ0n) is 12.1. The molecule has 1 atom stereocenters. The highest BCUT2D eigenvalue weighted by Crippen LogP contribution is 2.33. The SMILES string of the molecule is Cc1ccc(C(O)c2ccc(C)c3ccccc23)c(Cl)c1. The van der Waals surface area contributed by atoms with Crippen LogP contribution in [-0.2, 0) is 0 Å². The van der Waals surface area contributed by atoms with Crippen LogP contribution >= 0.6 is 11.6 Å². The van der Waals surface area contributed by atoms with Crippen LogP contribution in [0.15, 0.2) is 54.6 Å². The number of fused-ring (bicyclic) bond motifs is 1. The Labute approximate surface area is 129 Å². The van der Waals surface area contributed by atoms with Crippen LogP contribution < -0.4 is 0 Å². The third kappa shape index (κ3) is 2.55. The van der Waals surface area contributed by atoms with Crippen LogP contribution in [0.4, 0.5) is 0 Å². The minimum absolute atomic E-state index is 0.604.